The van der Waals surface area contributed by atoms with E-state index >= 15 is 0 Å². The van der Waals surface area contributed by atoms with Crippen molar-refractivity contribution in [1.82, 2.24) is 4.73 Å². The van der Waals surface area contributed by atoms with E-state index in [4.69, 9.17) is 19.0 Å². The van der Waals surface area contributed by atoms with Crippen LogP contribution in [0.15, 0.2) is 48.5 Å². The van der Waals surface area contributed by atoms with Crippen LogP contribution in [0.3, 0.4) is 0 Å². The molecule has 0 fully saturated rings. The van der Waals surface area contributed by atoms with E-state index in [-0.39, 0.29) is 18.6 Å². The lowest BCUT2D eigenvalue weighted by atomic mass is 10.3. The highest BCUT2D eigenvalue weighted by molar-refractivity contribution is 7.26. The summed E-state index contributed by atoms with van der Waals surface area (Å²) in [7, 11) is 1.63. The number of rotatable bonds is 12. The van der Waals surface area contributed by atoms with Gasteiger partial charge in [-0.3, -0.25) is 0 Å². The summed E-state index contributed by atoms with van der Waals surface area (Å²) >= 11 is 4.67. The number of aromatic hydroxyl groups is 2. The van der Waals surface area contributed by atoms with Crippen LogP contribution in [0.5, 0.6) is 11.8 Å². The van der Waals surface area contributed by atoms with Crippen LogP contribution in [0.2, 0.25) is 0 Å². The Kier molecular flexibility index (Phi) is 8.38. The van der Waals surface area contributed by atoms with Crippen LogP contribution >= 0.6 is 34.0 Å². The molecule has 0 atom stereocenters. The Bertz CT molecular complexity index is 1200. The number of hydrogen-bond acceptors (Lipinski definition) is 10. The summed E-state index contributed by atoms with van der Waals surface area (Å²) in [5.41, 5.74) is 0. The molecule has 0 amide bonds. The number of hydrogen-bond donors (Lipinski definition) is 2. The van der Waals surface area contributed by atoms with Crippen molar-refractivity contribution in [2.24, 2.45) is 0 Å². The van der Waals surface area contributed by atoms with Gasteiger partial charge in [0.15, 0.2) is 0 Å². The molecule has 8 nitrogen and oxygen atoms in total. The summed E-state index contributed by atoms with van der Waals surface area (Å²) in [5, 5.41) is 19.3. The summed E-state index contributed by atoms with van der Waals surface area (Å²) in [4.78, 5) is 23.4. The molecule has 4 rings (SSSR count). The number of ether oxygens (including phenoxy) is 3. The number of carbonyl (C=O) groups is 1. The fourth-order valence-electron chi connectivity index (χ4n) is 2.94. The lowest BCUT2D eigenvalue weighted by molar-refractivity contribution is -0.0646. The second-order valence-electron chi connectivity index (χ2n) is 6.99. The molecule has 11 heteroatoms. The van der Waals surface area contributed by atoms with Crippen molar-refractivity contribution in [1.29, 1.82) is 0 Å². The highest BCUT2D eigenvalue weighted by atomic mass is 32.1. The summed E-state index contributed by atoms with van der Waals surface area (Å²) in [5.74, 6) is -1.38. The smallest absolute Gasteiger partial charge is 0.373 e. The van der Waals surface area contributed by atoms with E-state index in [0.29, 0.717) is 29.4 Å². The third-order valence-corrected chi connectivity index (χ3v) is 8.31. The molecular formula is C23H23NO7S3. The van der Waals surface area contributed by atoms with Crippen molar-refractivity contribution in [2.75, 3.05) is 33.7 Å². The minimum absolute atomic E-state index is 0.264. The second-order valence-corrected chi connectivity index (χ2v) is 10.3. The molecule has 0 saturated heterocycles. The molecule has 34 heavy (non-hydrogen) atoms. The quantitative estimate of drug-likeness (QED) is 0.203. The Hall–Kier alpha value is -2.67. The van der Waals surface area contributed by atoms with Gasteiger partial charge in [-0.2, -0.15) is 0 Å². The van der Waals surface area contributed by atoms with Crippen molar-refractivity contribution in [3.8, 4) is 31.3 Å². The molecule has 4 aromatic rings. The van der Waals surface area contributed by atoms with Crippen molar-refractivity contribution < 1.29 is 34.1 Å². The standard InChI is InChI=1S/C23H23NO7S3/c1-28-12-13-30-14-29-11-10-15-2-3-16(32-15)17-4-5-18(33-17)19-6-7-20(34-19)23(27)31-24-21(25)8-9-22(24)26/h2-9,25-26H,10-14H2,1H3. The van der Waals surface area contributed by atoms with Crippen molar-refractivity contribution in [3.63, 3.8) is 0 Å². The van der Waals surface area contributed by atoms with Crippen LogP contribution in [-0.4, -0.2) is 54.6 Å². The number of methoxy groups -OCH3 is 1. The van der Waals surface area contributed by atoms with Crippen LogP contribution in [-0.2, 0) is 20.6 Å². The average molecular weight is 522 g/mol. The first-order valence-electron chi connectivity index (χ1n) is 10.3. The van der Waals surface area contributed by atoms with Crippen molar-refractivity contribution in [2.45, 2.75) is 6.42 Å². The van der Waals surface area contributed by atoms with Gasteiger partial charge in [0.05, 0.1) is 19.8 Å². The van der Waals surface area contributed by atoms with Crippen LogP contribution in [0.1, 0.15) is 14.5 Å². The van der Waals surface area contributed by atoms with Gasteiger partial charge in [0.2, 0.25) is 11.8 Å². The van der Waals surface area contributed by atoms with E-state index in [0.717, 1.165) is 21.1 Å². The van der Waals surface area contributed by atoms with Gasteiger partial charge in [-0.05, 0) is 36.4 Å². The molecule has 0 unspecified atom stereocenters. The van der Waals surface area contributed by atoms with Gasteiger partial charge in [-0.25, -0.2) is 4.79 Å². The zero-order valence-corrected chi connectivity index (χ0v) is 20.7. The van der Waals surface area contributed by atoms with E-state index in [9.17, 15) is 15.0 Å². The molecule has 0 aliphatic rings. The predicted molar refractivity (Wildman–Crippen MR) is 132 cm³/mol. The molecule has 0 radical (unpaired) electrons. The molecule has 0 bridgehead atoms. The zero-order valence-electron chi connectivity index (χ0n) is 18.3. The monoisotopic (exact) mass is 521 g/mol. The minimum atomic E-state index is -0.663. The van der Waals surface area contributed by atoms with E-state index in [1.54, 1.807) is 35.8 Å². The Morgan fingerprint density at radius 2 is 1.41 bits per heavy atom. The maximum absolute atomic E-state index is 12.4. The first-order chi connectivity index (χ1) is 16.5. The molecule has 0 aliphatic heterocycles. The Morgan fingerprint density at radius 3 is 2.15 bits per heavy atom. The van der Waals surface area contributed by atoms with Crippen molar-refractivity contribution >= 4 is 40.0 Å². The first kappa shape index (κ1) is 24.5. The molecule has 0 aromatic carbocycles. The largest absolute Gasteiger partial charge is 0.492 e. The molecule has 0 saturated carbocycles. The van der Waals surface area contributed by atoms with Gasteiger partial charge < -0.3 is 29.3 Å². The Balaban J connectivity index is 1.32. The van der Waals surface area contributed by atoms with Gasteiger partial charge in [-0.15, -0.1) is 38.7 Å². The van der Waals surface area contributed by atoms with Crippen molar-refractivity contribution in [3.05, 3.63) is 58.3 Å². The van der Waals surface area contributed by atoms with Crippen LogP contribution in [0, 0.1) is 0 Å². The van der Waals surface area contributed by atoms with E-state index in [1.807, 2.05) is 12.1 Å². The summed E-state index contributed by atoms with van der Waals surface area (Å²) in [6, 6.07) is 14.3. The second kappa shape index (κ2) is 11.6. The van der Waals surface area contributed by atoms with Gasteiger partial charge >= 0.3 is 5.97 Å². The van der Waals surface area contributed by atoms with Gasteiger partial charge in [0, 0.05) is 50.0 Å². The fraction of sp³-hybridized carbons (Fsp3) is 0.261. The molecule has 4 heterocycles. The Labute approximate surface area is 208 Å². The van der Waals surface area contributed by atoms with E-state index in [1.165, 1.54) is 33.2 Å². The van der Waals surface area contributed by atoms with Gasteiger partial charge in [-0.1, -0.05) is 0 Å². The highest BCUT2D eigenvalue weighted by Crippen LogP contribution is 2.40. The first-order valence-corrected chi connectivity index (χ1v) is 12.8. The molecule has 0 spiro atoms. The van der Waals surface area contributed by atoms with E-state index in [2.05, 4.69) is 18.2 Å². The lowest BCUT2D eigenvalue weighted by Crippen LogP contribution is -2.17. The number of aromatic nitrogens is 1. The molecule has 180 valence electrons. The SMILES string of the molecule is COCCOCOCCc1ccc(-c2ccc(-c3ccc(C(=O)On4c(O)ccc4O)s3)s2)s1. The minimum Gasteiger partial charge on any atom is -0.492 e. The lowest BCUT2D eigenvalue weighted by Gasteiger charge is -2.05. The fourth-order valence-corrected chi connectivity index (χ4v) is 6.00. The molecule has 2 N–H and O–H groups in total. The van der Waals surface area contributed by atoms with Crippen LogP contribution in [0.4, 0.5) is 0 Å². The van der Waals surface area contributed by atoms with Crippen LogP contribution in [0.25, 0.3) is 19.5 Å². The third-order valence-electron chi connectivity index (χ3n) is 4.62. The normalized spacial score (nSPS) is 11.2. The molecular weight excluding hydrogens is 498 g/mol. The number of nitrogens with zero attached hydrogens (tertiary/aromatic N) is 1. The summed E-state index contributed by atoms with van der Waals surface area (Å²) < 4.78 is 16.4. The summed E-state index contributed by atoms with van der Waals surface area (Å²) in [6.45, 7) is 1.93. The zero-order chi connectivity index (χ0) is 23.9. The maximum Gasteiger partial charge on any atom is 0.373 e. The molecule has 0 aliphatic carbocycles. The Morgan fingerprint density at radius 1 is 0.794 bits per heavy atom. The maximum atomic E-state index is 12.4. The van der Waals surface area contributed by atoms with E-state index < -0.39 is 5.97 Å². The molecule has 4 aromatic heterocycles. The number of thiophene rings is 3. The average Bonchev–Trinajstić information content (AvgIpc) is 3.62. The van der Waals surface area contributed by atoms with Gasteiger partial charge in [0.25, 0.3) is 0 Å². The highest BCUT2D eigenvalue weighted by Gasteiger charge is 2.17. The topological polar surface area (TPSA) is 99.4 Å². The summed E-state index contributed by atoms with van der Waals surface area (Å²) in [6.07, 6.45) is 0.819. The predicted octanol–water partition coefficient (Wildman–Crippen LogP) is 4.87. The van der Waals surface area contributed by atoms with Gasteiger partial charge in [0.1, 0.15) is 11.7 Å². The van der Waals surface area contributed by atoms with Crippen LogP contribution < -0.4 is 4.84 Å². The number of carbonyl (C=O) groups excluding carboxylic acids is 1. The third kappa shape index (κ3) is 6.06.